The average Bonchev–Trinajstić information content (AvgIpc) is 2.93. The van der Waals surface area contributed by atoms with Crippen LogP contribution in [0.3, 0.4) is 0 Å². The van der Waals surface area contributed by atoms with E-state index in [1.165, 1.54) is 18.3 Å². The van der Waals surface area contributed by atoms with Gasteiger partial charge in [-0.2, -0.15) is 5.10 Å². The van der Waals surface area contributed by atoms with E-state index in [1.54, 1.807) is 60.7 Å². The minimum absolute atomic E-state index is 0.100. The van der Waals surface area contributed by atoms with Crippen LogP contribution in [-0.4, -0.2) is 27.1 Å². The second-order valence-corrected chi connectivity index (χ2v) is 11.2. The van der Waals surface area contributed by atoms with Gasteiger partial charge in [0, 0.05) is 5.02 Å². The van der Waals surface area contributed by atoms with E-state index in [2.05, 4.69) is 10.5 Å². The van der Waals surface area contributed by atoms with Gasteiger partial charge in [-0.25, -0.2) is 13.8 Å². The summed E-state index contributed by atoms with van der Waals surface area (Å²) in [6, 6.07) is 28.1. The summed E-state index contributed by atoms with van der Waals surface area (Å²) in [4.78, 5) is 12.9. The van der Waals surface area contributed by atoms with Crippen molar-refractivity contribution in [3.63, 3.8) is 0 Å². The number of amides is 1. The van der Waals surface area contributed by atoms with Crippen LogP contribution in [-0.2, 0) is 21.4 Å². The summed E-state index contributed by atoms with van der Waals surface area (Å²) in [7, 11) is -3.99. The molecule has 0 aliphatic heterocycles. The maximum absolute atomic E-state index is 13.4. The molecule has 0 bridgehead atoms. The maximum Gasteiger partial charge on any atom is 0.264 e. The number of hydrogen-bond acceptors (Lipinski definition) is 5. The summed E-state index contributed by atoms with van der Waals surface area (Å²) in [6.07, 6.45) is 1.48. The molecular formula is C30H28ClN3O4S. The largest absolute Gasteiger partial charge is 0.489 e. The third kappa shape index (κ3) is 7.69. The van der Waals surface area contributed by atoms with Crippen LogP contribution >= 0.6 is 11.6 Å². The zero-order valence-electron chi connectivity index (χ0n) is 21.5. The van der Waals surface area contributed by atoms with E-state index < -0.39 is 22.5 Å². The van der Waals surface area contributed by atoms with Crippen molar-refractivity contribution in [1.82, 2.24) is 5.43 Å². The van der Waals surface area contributed by atoms with Crippen LogP contribution in [0.15, 0.2) is 107 Å². The molecule has 0 saturated carbocycles. The van der Waals surface area contributed by atoms with Crippen LogP contribution in [0.4, 0.5) is 5.69 Å². The topological polar surface area (TPSA) is 88.1 Å². The Balaban J connectivity index is 1.39. The first-order valence-corrected chi connectivity index (χ1v) is 14.0. The minimum Gasteiger partial charge on any atom is -0.489 e. The molecular weight excluding hydrogens is 534 g/mol. The number of aryl methyl sites for hydroxylation is 2. The average molecular weight is 562 g/mol. The molecule has 9 heteroatoms. The highest BCUT2D eigenvalue weighted by Crippen LogP contribution is 2.24. The van der Waals surface area contributed by atoms with E-state index in [1.807, 2.05) is 38.1 Å². The highest BCUT2D eigenvalue weighted by Gasteiger charge is 2.27. The predicted octanol–water partition coefficient (Wildman–Crippen LogP) is 5.88. The third-order valence-electron chi connectivity index (χ3n) is 5.82. The van der Waals surface area contributed by atoms with Gasteiger partial charge in [0.25, 0.3) is 15.9 Å². The molecule has 1 amide bonds. The third-order valence-corrected chi connectivity index (χ3v) is 7.86. The van der Waals surface area contributed by atoms with Crippen LogP contribution in [0.25, 0.3) is 0 Å². The number of hydrogen-bond donors (Lipinski definition) is 1. The number of rotatable bonds is 10. The van der Waals surface area contributed by atoms with Crippen molar-refractivity contribution in [2.45, 2.75) is 25.3 Å². The zero-order chi connectivity index (χ0) is 27.8. The number of hydrazone groups is 1. The summed E-state index contributed by atoms with van der Waals surface area (Å²) >= 11 is 5.91. The Morgan fingerprint density at radius 3 is 2.08 bits per heavy atom. The van der Waals surface area contributed by atoms with Gasteiger partial charge in [0.15, 0.2) is 0 Å². The lowest BCUT2D eigenvalue weighted by atomic mass is 10.2. The highest BCUT2D eigenvalue weighted by molar-refractivity contribution is 7.92. The molecule has 0 unspecified atom stereocenters. The van der Waals surface area contributed by atoms with Crippen molar-refractivity contribution in [2.75, 3.05) is 10.8 Å². The molecule has 0 spiro atoms. The summed E-state index contributed by atoms with van der Waals surface area (Å²) in [5, 5.41) is 4.67. The molecule has 0 saturated heterocycles. The molecule has 0 aromatic heterocycles. The molecule has 1 N–H and O–H groups in total. The van der Waals surface area contributed by atoms with E-state index in [4.69, 9.17) is 16.3 Å². The standard InChI is InChI=1S/C30H28ClN3O4S/c1-22-3-13-27(14-4-22)34(39(36,37)29-17-5-23(2)6-18-29)20-30(35)33-32-19-24-9-15-28(16-10-24)38-21-25-7-11-26(31)12-8-25/h3-19H,20-21H2,1-2H3,(H,33,35)/b32-19+. The quantitative estimate of drug-likeness (QED) is 0.193. The summed E-state index contributed by atoms with van der Waals surface area (Å²) in [6.45, 7) is 3.75. The van der Waals surface area contributed by atoms with Gasteiger partial charge in [-0.3, -0.25) is 9.10 Å². The fourth-order valence-corrected chi connectivity index (χ4v) is 5.15. The first-order chi connectivity index (χ1) is 18.7. The SMILES string of the molecule is Cc1ccc(N(CC(=O)N/N=C/c2ccc(OCc3ccc(Cl)cc3)cc2)S(=O)(=O)c2ccc(C)cc2)cc1. The molecule has 7 nitrogen and oxygen atoms in total. The van der Waals surface area contributed by atoms with E-state index in [0.29, 0.717) is 23.1 Å². The number of sulfonamides is 1. The Bertz CT molecular complexity index is 1540. The van der Waals surface area contributed by atoms with Gasteiger partial charge in [-0.15, -0.1) is 0 Å². The van der Waals surface area contributed by atoms with Crippen LogP contribution in [0.5, 0.6) is 5.75 Å². The number of ether oxygens (including phenoxy) is 1. The lowest BCUT2D eigenvalue weighted by Gasteiger charge is -2.24. The van der Waals surface area contributed by atoms with E-state index >= 15 is 0 Å². The molecule has 0 aliphatic carbocycles. The van der Waals surface area contributed by atoms with E-state index in [-0.39, 0.29) is 4.90 Å². The molecule has 0 radical (unpaired) electrons. The Hall–Kier alpha value is -4.14. The smallest absolute Gasteiger partial charge is 0.264 e. The van der Waals surface area contributed by atoms with Gasteiger partial charge in [0.2, 0.25) is 0 Å². The fourth-order valence-electron chi connectivity index (χ4n) is 3.61. The molecule has 4 aromatic rings. The van der Waals surface area contributed by atoms with Crippen molar-refractivity contribution < 1.29 is 17.9 Å². The fraction of sp³-hybridized carbons (Fsp3) is 0.133. The van der Waals surface area contributed by atoms with Crippen molar-refractivity contribution in [1.29, 1.82) is 0 Å². The minimum atomic E-state index is -3.99. The van der Waals surface area contributed by atoms with Gasteiger partial charge in [0.05, 0.1) is 16.8 Å². The molecule has 0 aliphatic rings. The van der Waals surface area contributed by atoms with Crippen molar-refractivity contribution in [3.05, 3.63) is 124 Å². The highest BCUT2D eigenvalue weighted by atomic mass is 35.5. The molecule has 0 fully saturated rings. The lowest BCUT2D eigenvalue weighted by Crippen LogP contribution is -2.39. The van der Waals surface area contributed by atoms with E-state index in [0.717, 1.165) is 26.6 Å². The Morgan fingerprint density at radius 2 is 1.46 bits per heavy atom. The molecule has 0 atom stereocenters. The van der Waals surface area contributed by atoms with Crippen LogP contribution in [0.2, 0.25) is 5.02 Å². The lowest BCUT2D eigenvalue weighted by molar-refractivity contribution is -0.119. The molecule has 39 heavy (non-hydrogen) atoms. The van der Waals surface area contributed by atoms with Gasteiger partial charge >= 0.3 is 0 Å². The van der Waals surface area contributed by atoms with E-state index in [9.17, 15) is 13.2 Å². The van der Waals surface area contributed by atoms with Crippen molar-refractivity contribution in [3.8, 4) is 5.75 Å². The van der Waals surface area contributed by atoms with Gasteiger partial charge < -0.3 is 4.74 Å². The number of nitrogens with one attached hydrogen (secondary N) is 1. The Labute approximate surface area is 233 Å². The van der Waals surface area contributed by atoms with Crippen LogP contribution in [0.1, 0.15) is 22.3 Å². The summed E-state index contributed by atoms with van der Waals surface area (Å²) in [5.41, 5.74) is 6.45. The maximum atomic E-state index is 13.4. The van der Waals surface area contributed by atoms with Crippen molar-refractivity contribution in [2.24, 2.45) is 5.10 Å². The second kappa shape index (κ2) is 12.6. The first-order valence-electron chi connectivity index (χ1n) is 12.2. The number of carbonyl (C=O) groups excluding carboxylic acids is 1. The van der Waals surface area contributed by atoms with Gasteiger partial charge in [-0.05, 0) is 85.6 Å². The molecule has 200 valence electrons. The monoisotopic (exact) mass is 561 g/mol. The predicted molar refractivity (Wildman–Crippen MR) is 155 cm³/mol. The molecule has 4 aromatic carbocycles. The zero-order valence-corrected chi connectivity index (χ0v) is 23.1. The van der Waals surface area contributed by atoms with Crippen molar-refractivity contribution >= 4 is 39.4 Å². The number of halogens is 1. The number of benzene rings is 4. The normalized spacial score (nSPS) is 11.4. The number of nitrogens with zero attached hydrogens (tertiary/aromatic N) is 2. The summed E-state index contributed by atoms with van der Waals surface area (Å²) < 4.78 is 33.7. The number of carbonyl (C=O) groups is 1. The second-order valence-electron chi connectivity index (χ2n) is 8.94. The van der Waals surface area contributed by atoms with Gasteiger partial charge in [0.1, 0.15) is 18.9 Å². The Kier molecular flexibility index (Phi) is 9.01. The first kappa shape index (κ1) is 27.9. The van der Waals surface area contributed by atoms with Crippen LogP contribution in [0, 0.1) is 13.8 Å². The van der Waals surface area contributed by atoms with Crippen LogP contribution < -0.4 is 14.5 Å². The van der Waals surface area contributed by atoms with Gasteiger partial charge in [-0.1, -0.05) is 59.1 Å². The number of anilines is 1. The Morgan fingerprint density at radius 1 is 0.872 bits per heavy atom. The molecule has 0 heterocycles. The summed E-state index contributed by atoms with van der Waals surface area (Å²) in [5.74, 6) is 0.103. The molecule has 4 rings (SSSR count).